The van der Waals surface area contributed by atoms with Crippen molar-refractivity contribution in [3.05, 3.63) is 0 Å². The van der Waals surface area contributed by atoms with E-state index in [0.29, 0.717) is 0 Å². The fourth-order valence-electron chi connectivity index (χ4n) is 0.0833. The lowest BCUT2D eigenvalue weighted by Gasteiger charge is -1.89. The van der Waals surface area contributed by atoms with E-state index in [0.717, 1.165) is 0 Å². The first kappa shape index (κ1) is 12.9. The highest BCUT2D eigenvalue weighted by molar-refractivity contribution is 7.33. The SMILES string of the molecule is CO[PH](=O)OC.O=[PH](O)O. The van der Waals surface area contributed by atoms with Crippen LogP contribution in [-0.2, 0) is 18.2 Å². The molecule has 0 aromatic heterocycles. The predicted octanol–water partition coefficient (Wildman–Crippen LogP) is 0.0296. The van der Waals surface area contributed by atoms with Crippen molar-refractivity contribution in [1.29, 1.82) is 0 Å². The number of hydrogen-bond donors (Lipinski definition) is 2. The second kappa shape index (κ2) is 9.30. The van der Waals surface area contributed by atoms with E-state index >= 15 is 0 Å². The monoisotopic (exact) mass is 192 g/mol. The molecule has 0 rings (SSSR count). The van der Waals surface area contributed by atoms with Crippen LogP contribution in [-0.4, -0.2) is 24.0 Å². The lowest BCUT2D eigenvalue weighted by molar-refractivity contribution is 0.302. The molecule has 0 aromatic carbocycles. The van der Waals surface area contributed by atoms with Gasteiger partial charge in [0.25, 0.3) is 0 Å². The minimum Gasteiger partial charge on any atom is -0.326 e. The summed E-state index contributed by atoms with van der Waals surface area (Å²) in [4.78, 5) is 14.3. The van der Waals surface area contributed by atoms with Crippen LogP contribution < -0.4 is 0 Å². The Morgan fingerprint density at radius 1 is 1.10 bits per heavy atom. The second-order valence-electron chi connectivity index (χ2n) is 0.941. The van der Waals surface area contributed by atoms with E-state index < -0.39 is 16.5 Å². The molecule has 2 N–H and O–H groups in total. The Kier molecular flexibility index (Phi) is 12.0. The van der Waals surface area contributed by atoms with Crippen LogP contribution in [0.25, 0.3) is 0 Å². The highest BCUT2D eigenvalue weighted by Gasteiger charge is 1.83. The molecule has 0 bridgehead atoms. The van der Waals surface area contributed by atoms with Crippen LogP contribution >= 0.6 is 16.5 Å². The highest BCUT2D eigenvalue weighted by Crippen LogP contribution is 2.18. The summed E-state index contributed by atoms with van der Waals surface area (Å²) >= 11 is 0. The molecule has 0 saturated carbocycles. The maximum atomic E-state index is 9.92. The third-order valence-corrected chi connectivity index (χ3v) is 1.00. The maximum Gasteiger partial charge on any atom is 0.318 e. The Bertz CT molecular complexity index is 102. The van der Waals surface area contributed by atoms with Gasteiger partial charge >= 0.3 is 16.5 Å². The average molecular weight is 192 g/mol. The van der Waals surface area contributed by atoms with E-state index in [9.17, 15) is 4.57 Å². The van der Waals surface area contributed by atoms with E-state index in [1.165, 1.54) is 14.2 Å². The summed E-state index contributed by atoms with van der Waals surface area (Å²) in [5.41, 5.74) is 0. The Morgan fingerprint density at radius 2 is 1.30 bits per heavy atom. The molecule has 0 heterocycles. The van der Waals surface area contributed by atoms with Gasteiger partial charge in [-0.25, -0.2) is 0 Å². The van der Waals surface area contributed by atoms with E-state index in [-0.39, 0.29) is 0 Å². The van der Waals surface area contributed by atoms with Crippen molar-refractivity contribution in [2.75, 3.05) is 14.2 Å². The summed E-state index contributed by atoms with van der Waals surface area (Å²) in [5.74, 6) is 0. The van der Waals surface area contributed by atoms with Crippen molar-refractivity contribution in [3.63, 3.8) is 0 Å². The molecular weight excluding hydrogens is 182 g/mol. The van der Waals surface area contributed by atoms with Gasteiger partial charge in [-0.1, -0.05) is 0 Å². The van der Waals surface area contributed by atoms with E-state index in [4.69, 9.17) is 14.4 Å². The largest absolute Gasteiger partial charge is 0.326 e. The minimum atomic E-state index is -3.13. The molecule has 0 atom stereocenters. The maximum absolute atomic E-state index is 9.92. The Hall–Kier alpha value is 0.300. The first-order chi connectivity index (χ1) is 4.54. The topological polar surface area (TPSA) is 93.1 Å². The van der Waals surface area contributed by atoms with Crippen LogP contribution in [0.5, 0.6) is 0 Å². The van der Waals surface area contributed by atoms with Crippen LogP contribution in [0.1, 0.15) is 0 Å². The highest BCUT2D eigenvalue weighted by atomic mass is 31.1. The lowest BCUT2D eigenvalue weighted by atomic mass is 11.8. The predicted molar refractivity (Wildman–Crippen MR) is 36.5 cm³/mol. The van der Waals surface area contributed by atoms with Gasteiger partial charge in [0.1, 0.15) is 0 Å². The van der Waals surface area contributed by atoms with Crippen molar-refractivity contribution in [1.82, 2.24) is 0 Å². The summed E-state index contributed by atoms with van der Waals surface area (Å²) in [7, 11) is -2.57. The summed E-state index contributed by atoms with van der Waals surface area (Å²) in [6, 6.07) is 0. The average Bonchev–Trinajstić information content (AvgIpc) is 1.85. The van der Waals surface area contributed by atoms with Crippen LogP contribution in [0.15, 0.2) is 0 Å². The molecule has 0 aromatic rings. The molecular formula is C2H10O6P2. The summed E-state index contributed by atoms with van der Waals surface area (Å²) in [6.45, 7) is 0. The quantitative estimate of drug-likeness (QED) is 0.599. The fraction of sp³-hybridized carbons (Fsp3) is 1.00. The zero-order valence-corrected chi connectivity index (χ0v) is 7.53. The molecule has 64 valence electrons. The summed E-state index contributed by atoms with van der Waals surface area (Å²) < 4.78 is 27.1. The standard InChI is InChI=1S/C2H7O3P.H3O3P/c1-4-6(3)5-2;1-4(2)3/h6H,1-2H3;4H,(H2,1,2,3). The second-order valence-corrected chi connectivity index (χ2v) is 2.82. The lowest BCUT2D eigenvalue weighted by Crippen LogP contribution is -1.66. The van der Waals surface area contributed by atoms with E-state index in [1.54, 1.807) is 0 Å². The van der Waals surface area contributed by atoms with Gasteiger partial charge in [-0.3, -0.25) is 9.13 Å². The van der Waals surface area contributed by atoms with E-state index in [1.807, 2.05) is 0 Å². The molecule has 0 saturated heterocycles. The van der Waals surface area contributed by atoms with Gasteiger partial charge in [-0.2, -0.15) is 0 Å². The van der Waals surface area contributed by atoms with Crippen molar-refractivity contribution >= 4 is 16.5 Å². The first-order valence-electron chi connectivity index (χ1n) is 2.08. The van der Waals surface area contributed by atoms with Gasteiger partial charge in [0.05, 0.1) is 0 Å². The molecule has 0 amide bonds. The van der Waals surface area contributed by atoms with Gasteiger partial charge in [0.15, 0.2) is 0 Å². The van der Waals surface area contributed by atoms with Crippen molar-refractivity contribution in [3.8, 4) is 0 Å². The normalized spacial score (nSPS) is 9.40. The molecule has 8 heteroatoms. The van der Waals surface area contributed by atoms with Crippen LogP contribution in [0.2, 0.25) is 0 Å². The van der Waals surface area contributed by atoms with Crippen LogP contribution in [0, 0.1) is 0 Å². The first-order valence-corrected chi connectivity index (χ1v) is 4.61. The van der Waals surface area contributed by atoms with Gasteiger partial charge in [-0.15, -0.1) is 0 Å². The summed E-state index contributed by atoms with van der Waals surface area (Å²) in [5, 5.41) is 0. The Morgan fingerprint density at radius 3 is 1.30 bits per heavy atom. The fourth-order valence-corrected chi connectivity index (χ4v) is 0.250. The molecule has 6 nitrogen and oxygen atoms in total. The molecule has 0 aliphatic heterocycles. The van der Waals surface area contributed by atoms with Crippen molar-refractivity contribution in [2.24, 2.45) is 0 Å². The number of hydrogen-bond acceptors (Lipinski definition) is 4. The minimum absolute atomic E-state index is 1.34. The molecule has 0 radical (unpaired) electrons. The molecule has 0 spiro atoms. The van der Waals surface area contributed by atoms with Gasteiger partial charge in [0.2, 0.25) is 0 Å². The molecule has 0 aliphatic carbocycles. The summed E-state index contributed by atoms with van der Waals surface area (Å²) in [6.07, 6.45) is 0. The zero-order chi connectivity index (χ0) is 8.57. The third kappa shape index (κ3) is 23.9. The van der Waals surface area contributed by atoms with Crippen molar-refractivity contribution in [2.45, 2.75) is 0 Å². The number of rotatable bonds is 2. The molecule has 0 aliphatic rings. The molecule has 0 unspecified atom stereocenters. The molecule has 10 heavy (non-hydrogen) atoms. The smallest absolute Gasteiger partial charge is 0.318 e. The zero-order valence-electron chi connectivity index (χ0n) is 5.53. The van der Waals surface area contributed by atoms with Crippen LogP contribution in [0.4, 0.5) is 0 Å². The van der Waals surface area contributed by atoms with Gasteiger partial charge in [-0.05, 0) is 0 Å². The van der Waals surface area contributed by atoms with Crippen LogP contribution in [0.3, 0.4) is 0 Å². The Labute approximate surface area is 59.7 Å². The van der Waals surface area contributed by atoms with E-state index in [2.05, 4.69) is 9.05 Å². The van der Waals surface area contributed by atoms with Crippen molar-refractivity contribution < 1.29 is 28.0 Å². The molecule has 0 fully saturated rings. The third-order valence-electron chi connectivity index (χ3n) is 0.333. The van der Waals surface area contributed by atoms with Gasteiger partial charge < -0.3 is 18.8 Å². The Balaban J connectivity index is 0. The van der Waals surface area contributed by atoms with Gasteiger partial charge in [0, 0.05) is 14.2 Å².